The second-order valence-corrected chi connectivity index (χ2v) is 6.31. The van der Waals surface area contributed by atoms with Gasteiger partial charge in [0.25, 0.3) is 11.8 Å². The highest BCUT2D eigenvalue weighted by Crippen LogP contribution is 2.32. The molecule has 0 atom stereocenters. The lowest BCUT2D eigenvalue weighted by atomic mass is 10.1. The molecule has 0 aliphatic heterocycles. The van der Waals surface area contributed by atoms with Crippen LogP contribution >= 0.6 is 0 Å². The number of para-hydroxylation sites is 1. The first-order valence-corrected chi connectivity index (χ1v) is 8.99. The first-order chi connectivity index (χ1) is 14.2. The normalized spacial score (nSPS) is 10.5. The maximum atomic E-state index is 12.9. The highest BCUT2D eigenvalue weighted by molar-refractivity contribution is 6.16. The van der Waals surface area contributed by atoms with Crippen LogP contribution in [0.4, 0.5) is 11.4 Å². The van der Waals surface area contributed by atoms with Gasteiger partial charge < -0.3 is 19.8 Å². The van der Waals surface area contributed by atoms with E-state index in [2.05, 4.69) is 10.6 Å². The van der Waals surface area contributed by atoms with Crippen molar-refractivity contribution in [3.63, 3.8) is 0 Å². The number of amides is 2. The first kappa shape index (κ1) is 18.3. The monoisotopic (exact) mass is 386 g/mol. The van der Waals surface area contributed by atoms with E-state index in [0.717, 1.165) is 0 Å². The van der Waals surface area contributed by atoms with Crippen LogP contribution in [0.5, 0.6) is 5.75 Å². The largest absolute Gasteiger partial charge is 0.497 e. The molecular formula is C23H18N2O4. The van der Waals surface area contributed by atoms with Gasteiger partial charge in [0.2, 0.25) is 5.76 Å². The van der Waals surface area contributed by atoms with Crippen LogP contribution in [-0.2, 0) is 0 Å². The minimum absolute atomic E-state index is 0.0336. The maximum Gasteiger partial charge on any atom is 0.293 e. The molecule has 0 fully saturated rings. The van der Waals surface area contributed by atoms with Gasteiger partial charge in [-0.2, -0.15) is 0 Å². The number of methoxy groups -OCH3 is 1. The van der Waals surface area contributed by atoms with Gasteiger partial charge >= 0.3 is 0 Å². The maximum absolute atomic E-state index is 12.9. The molecule has 29 heavy (non-hydrogen) atoms. The molecule has 0 saturated heterocycles. The predicted octanol–water partition coefficient (Wildman–Crippen LogP) is 4.95. The Morgan fingerprint density at radius 1 is 0.793 bits per heavy atom. The summed E-state index contributed by atoms with van der Waals surface area (Å²) in [5.74, 6) is -0.0702. The molecule has 2 amide bonds. The lowest BCUT2D eigenvalue weighted by Gasteiger charge is -2.08. The SMILES string of the molecule is COc1ccc(NC(=O)c2oc3ccccc3c2NC(=O)c2ccccc2)cc1. The molecule has 0 unspecified atom stereocenters. The summed E-state index contributed by atoms with van der Waals surface area (Å²) in [6, 6.07) is 22.9. The lowest BCUT2D eigenvalue weighted by molar-refractivity contribution is 0.0999. The van der Waals surface area contributed by atoms with Gasteiger partial charge in [-0.25, -0.2) is 0 Å². The number of hydrogen-bond donors (Lipinski definition) is 2. The van der Waals surface area contributed by atoms with Crippen LogP contribution in [0.2, 0.25) is 0 Å². The van der Waals surface area contributed by atoms with Gasteiger partial charge in [0.1, 0.15) is 17.0 Å². The predicted molar refractivity (Wildman–Crippen MR) is 112 cm³/mol. The van der Waals surface area contributed by atoms with E-state index in [1.54, 1.807) is 73.8 Å². The summed E-state index contributed by atoms with van der Waals surface area (Å²) < 4.78 is 10.9. The van der Waals surface area contributed by atoms with E-state index < -0.39 is 5.91 Å². The molecule has 4 aromatic rings. The quantitative estimate of drug-likeness (QED) is 0.509. The summed E-state index contributed by atoms with van der Waals surface area (Å²) >= 11 is 0. The molecule has 0 saturated carbocycles. The van der Waals surface area contributed by atoms with Crippen LogP contribution in [0.25, 0.3) is 11.0 Å². The second kappa shape index (κ2) is 7.90. The Morgan fingerprint density at radius 3 is 2.21 bits per heavy atom. The third-order valence-electron chi connectivity index (χ3n) is 4.42. The molecule has 1 heterocycles. The van der Waals surface area contributed by atoms with Gasteiger partial charge in [-0.3, -0.25) is 9.59 Å². The van der Waals surface area contributed by atoms with E-state index in [9.17, 15) is 9.59 Å². The zero-order valence-electron chi connectivity index (χ0n) is 15.6. The zero-order valence-corrected chi connectivity index (χ0v) is 15.6. The number of nitrogens with one attached hydrogen (secondary N) is 2. The average Bonchev–Trinajstić information content (AvgIpc) is 3.13. The summed E-state index contributed by atoms with van der Waals surface area (Å²) in [6.45, 7) is 0. The molecule has 4 rings (SSSR count). The molecule has 0 aliphatic rings. The van der Waals surface area contributed by atoms with E-state index in [-0.39, 0.29) is 11.7 Å². The second-order valence-electron chi connectivity index (χ2n) is 6.31. The van der Waals surface area contributed by atoms with Gasteiger partial charge in [-0.15, -0.1) is 0 Å². The third kappa shape index (κ3) is 3.82. The molecule has 1 aromatic heterocycles. The van der Waals surface area contributed by atoms with E-state index in [1.807, 2.05) is 12.1 Å². The summed E-state index contributed by atoms with van der Waals surface area (Å²) in [4.78, 5) is 25.6. The van der Waals surface area contributed by atoms with Crippen molar-refractivity contribution in [2.45, 2.75) is 0 Å². The molecule has 0 aliphatic carbocycles. The summed E-state index contributed by atoms with van der Waals surface area (Å²) in [6.07, 6.45) is 0. The Labute approximate surface area is 167 Å². The minimum atomic E-state index is -0.463. The van der Waals surface area contributed by atoms with Crippen molar-refractivity contribution in [3.8, 4) is 5.75 Å². The number of hydrogen-bond acceptors (Lipinski definition) is 4. The fraction of sp³-hybridized carbons (Fsp3) is 0.0435. The highest BCUT2D eigenvalue weighted by Gasteiger charge is 2.22. The topological polar surface area (TPSA) is 80.6 Å². The first-order valence-electron chi connectivity index (χ1n) is 8.99. The van der Waals surface area contributed by atoms with Crippen molar-refractivity contribution in [1.29, 1.82) is 0 Å². The fourth-order valence-corrected chi connectivity index (χ4v) is 2.97. The fourth-order valence-electron chi connectivity index (χ4n) is 2.97. The van der Waals surface area contributed by atoms with E-state index in [1.165, 1.54) is 0 Å². The Kier molecular flexibility index (Phi) is 4.99. The molecule has 0 spiro atoms. The van der Waals surface area contributed by atoms with Gasteiger partial charge in [0.05, 0.1) is 7.11 Å². The molecule has 144 valence electrons. The van der Waals surface area contributed by atoms with Crippen molar-refractivity contribution in [3.05, 3.63) is 90.2 Å². The number of fused-ring (bicyclic) bond motifs is 1. The smallest absolute Gasteiger partial charge is 0.293 e. The molecule has 6 heteroatoms. The molecular weight excluding hydrogens is 368 g/mol. The van der Waals surface area contributed by atoms with Crippen molar-refractivity contribution < 1.29 is 18.7 Å². The molecule has 0 bridgehead atoms. The van der Waals surface area contributed by atoms with Crippen LogP contribution in [-0.4, -0.2) is 18.9 Å². The zero-order chi connectivity index (χ0) is 20.2. The number of rotatable bonds is 5. The number of ether oxygens (including phenoxy) is 1. The number of anilines is 2. The van der Waals surface area contributed by atoms with E-state index in [4.69, 9.17) is 9.15 Å². The van der Waals surface area contributed by atoms with E-state index in [0.29, 0.717) is 33.7 Å². The number of carbonyl (C=O) groups is 2. The molecule has 0 radical (unpaired) electrons. The number of benzene rings is 3. The minimum Gasteiger partial charge on any atom is -0.497 e. The molecule has 3 aromatic carbocycles. The van der Waals surface area contributed by atoms with Gasteiger partial charge in [-0.05, 0) is 48.5 Å². The van der Waals surface area contributed by atoms with Crippen LogP contribution in [0.15, 0.2) is 83.3 Å². The third-order valence-corrected chi connectivity index (χ3v) is 4.42. The average molecular weight is 386 g/mol. The Morgan fingerprint density at radius 2 is 1.48 bits per heavy atom. The van der Waals surface area contributed by atoms with Crippen molar-refractivity contribution in [1.82, 2.24) is 0 Å². The summed E-state index contributed by atoms with van der Waals surface area (Å²) in [5, 5.41) is 6.26. The van der Waals surface area contributed by atoms with Crippen LogP contribution in [0.3, 0.4) is 0 Å². The lowest BCUT2D eigenvalue weighted by Crippen LogP contribution is -2.17. The number of furan rings is 1. The van der Waals surface area contributed by atoms with Crippen LogP contribution in [0.1, 0.15) is 20.9 Å². The Balaban J connectivity index is 1.67. The number of carbonyl (C=O) groups excluding carboxylic acids is 2. The Bertz CT molecular complexity index is 1160. The van der Waals surface area contributed by atoms with E-state index >= 15 is 0 Å². The van der Waals surface area contributed by atoms with Crippen LogP contribution < -0.4 is 15.4 Å². The highest BCUT2D eigenvalue weighted by atomic mass is 16.5. The van der Waals surface area contributed by atoms with Crippen molar-refractivity contribution >= 4 is 34.2 Å². The summed E-state index contributed by atoms with van der Waals surface area (Å²) in [5.41, 5.74) is 1.91. The molecule has 2 N–H and O–H groups in total. The van der Waals surface area contributed by atoms with Gasteiger partial charge in [-0.1, -0.05) is 30.3 Å². The molecule has 6 nitrogen and oxygen atoms in total. The summed E-state index contributed by atoms with van der Waals surface area (Å²) in [7, 11) is 1.57. The van der Waals surface area contributed by atoms with Crippen LogP contribution in [0, 0.1) is 0 Å². The van der Waals surface area contributed by atoms with Crippen molar-refractivity contribution in [2.75, 3.05) is 17.7 Å². The van der Waals surface area contributed by atoms with Gasteiger partial charge in [0, 0.05) is 16.6 Å². The Hall–Kier alpha value is -4.06. The standard InChI is InChI=1S/C23H18N2O4/c1-28-17-13-11-16(12-14-17)24-23(27)21-20(18-9-5-6-10-19(18)29-21)25-22(26)15-7-3-2-4-8-15/h2-14H,1H3,(H,24,27)(H,25,26). The van der Waals surface area contributed by atoms with Gasteiger partial charge in [0.15, 0.2) is 0 Å². The van der Waals surface area contributed by atoms with Crippen molar-refractivity contribution in [2.24, 2.45) is 0 Å².